The van der Waals surface area contributed by atoms with Gasteiger partial charge in [0, 0.05) is 11.9 Å². The first-order chi connectivity index (χ1) is 10.7. The van der Waals surface area contributed by atoms with E-state index >= 15 is 0 Å². The maximum atomic E-state index is 12.9. The van der Waals surface area contributed by atoms with E-state index in [-0.39, 0.29) is 23.7 Å². The summed E-state index contributed by atoms with van der Waals surface area (Å²) in [6.07, 6.45) is 4.39. The quantitative estimate of drug-likeness (QED) is 0.866. The summed E-state index contributed by atoms with van der Waals surface area (Å²) in [6.45, 7) is 2.09. The number of aryl methyl sites for hydroxylation is 2. The maximum Gasteiger partial charge on any atom is 0.242 e. The molecule has 4 nitrogen and oxygen atoms in total. The molecule has 1 saturated heterocycles. The number of rotatable bonds is 2. The van der Waals surface area contributed by atoms with E-state index in [4.69, 9.17) is 0 Å². The van der Waals surface area contributed by atoms with Gasteiger partial charge in [0.05, 0.1) is 17.5 Å². The molecule has 4 heteroatoms. The van der Waals surface area contributed by atoms with Crippen LogP contribution in [0.1, 0.15) is 36.1 Å². The number of H-pyrrole nitrogens is 1. The summed E-state index contributed by atoms with van der Waals surface area (Å²) in [4.78, 5) is 30.2. The number of aromatic amines is 1. The first kappa shape index (κ1) is 13.3. The third-order valence-corrected chi connectivity index (χ3v) is 4.94. The highest BCUT2D eigenvalue weighted by molar-refractivity contribution is 6.24. The molecule has 1 aromatic carbocycles. The number of benzene rings is 1. The molecule has 1 aliphatic heterocycles. The standard InChI is InChI=1S/C18H18N2O2/c1-2-11-3-5-12(6-4-11)20-17(21)14-7-8-15-13(9-10-19-15)16(14)18(20)22/h3-6,9-10,14,16,19H,2,7-8H2,1H3/t14-,16+/m0/s1. The molecule has 2 amide bonds. The Kier molecular flexibility index (Phi) is 2.93. The van der Waals surface area contributed by atoms with Gasteiger partial charge >= 0.3 is 0 Å². The lowest BCUT2D eigenvalue weighted by Crippen LogP contribution is -2.30. The van der Waals surface area contributed by atoms with Crippen molar-refractivity contribution in [2.75, 3.05) is 4.90 Å². The predicted molar refractivity (Wildman–Crippen MR) is 83.7 cm³/mol. The van der Waals surface area contributed by atoms with E-state index in [9.17, 15) is 9.59 Å². The lowest BCUT2D eigenvalue weighted by Gasteiger charge is -2.21. The lowest BCUT2D eigenvalue weighted by molar-refractivity contribution is -0.122. The van der Waals surface area contributed by atoms with Gasteiger partial charge in [-0.15, -0.1) is 0 Å². The maximum absolute atomic E-state index is 12.9. The van der Waals surface area contributed by atoms with Crippen molar-refractivity contribution in [1.82, 2.24) is 4.98 Å². The van der Waals surface area contributed by atoms with Crippen LogP contribution in [0.4, 0.5) is 5.69 Å². The molecule has 22 heavy (non-hydrogen) atoms. The van der Waals surface area contributed by atoms with E-state index in [1.165, 1.54) is 10.5 Å². The Balaban J connectivity index is 1.73. The van der Waals surface area contributed by atoms with Crippen LogP contribution >= 0.6 is 0 Å². The van der Waals surface area contributed by atoms with Crippen LogP contribution in [0.5, 0.6) is 0 Å². The smallest absolute Gasteiger partial charge is 0.242 e. The van der Waals surface area contributed by atoms with E-state index in [2.05, 4.69) is 11.9 Å². The van der Waals surface area contributed by atoms with Gasteiger partial charge in [-0.1, -0.05) is 19.1 Å². The van der Waals surface area contributed by atoms with Crippen LogP contribution in [-0.2, 0) is 22.4 Å². The van der Waals surface area contributed by atoms with Gasteiger partial charge in [0.15, 0.2) is 0 Å². The van der Waals surface area contributed by atoms with Gasteiger partial charge in [-0.25, -0.2) is 4.90 Å². The summed E-state index contributed by atoms with van der Waals surface area (Å²) in [6, 6.07) is 9.67. The van der Waals surface area contributed by atoms with Crippen molar-refractivity contribution in [3.8, 4) is 0 Å². The van der Waals surface area contributed by atoms with Gasteiger partial charge < -0.3 is 4.98 Å². The monoisotopic (exact) mass is 294 g/mol. The van der Waals surface area contributed by atoms with Crippen molar-refractivity contribution in [3.63, 3.8) is 0 Å². The summed E-state index contributed by atoms with van der Waals surface area (Å²) in [5.41, 5.74) is 4.00. The number of carbonyl (C=O) groups is 2. The van der Waals surface area contributed by atoms with Crippen LogP contribution in [0, 0.1) is 5.92 Å². The van der Waals surface area contributed by atoms with Crippen LogP contribution in [0.3, 0.4) is 0 Å². The van der Waals surface area contributed by atoms with E-state index < -0.39 is 0 Å². The highest BCUT2D eigenvalue weighted by atomic mass is 16.2. The lowest BCUT2D eigenvalue weighted by atomic mass is 9.79. The predicted octanol–water partition coefficient (Wildman–Crippen LogP) is 2.80. The second-order valence-corrected chi connectivity index (χ2v) is 6.07. The molecule has 0 bridgehead atoms. The zero-order valence-electron chi connectivity index (χ0n) is 12.5. The number of imide groups is 1. The molecule has 112 valence electrons. The average molecular weight is 294 g/mol. The minimum absolute atomic E-state index is 0.0499. The van der Waals surface area contributed by atoms with Crippen LogP contribution < -0.4 is 4.90 Å². The molecule has 4 rings (SSSR count). The molecule has 0 radical (unpaired) electrons. The van der Waals surface area contributed by atoms with E-state index in [1.54, 1.807) is 0 Å². The van der Waals surface area contributed by atoms with Crippen molar-refractivity contribution in [1.29, 1.82) is 0 Å². The van der Waals surface area contributed by atoms with Crippen LogP contribution in [0.25, 0.3) is 0 Å². The normalized spacial score (nSPS) is 23.6. The molecule has 1 N–H and O–H groups in total. The Hall–Kier alpha value is -2.36. The summed E-state index contributed by atoms with van der Waals surface area (Å²) in [5, 5.41) is 0. The van der Waals surface area contributed by atoms with Gasteiger partial charge in [0.25, 0.3) is 0 Å². The third-order valence-electron chi connectivity index (χ3n) is 4.94. The molecule has 1 aromatic heterocycles. The minimum atomic E-state index is -0.312. The summed E-state index contributed by atoms with van der Waals surface area (Å²) < 4.78 is 0. The number of anilines is 1. The molecule has 2 aliphatic rings. The summed E-state index contributed by atoms with van der Waals surface area (Å²) >= 11 is 0. The van der Waals surface area contributed by atoms with Crippen LogP contribution in [-0.4, -0.2) is 16.8 Å². The topological polar surface area (TPSA) is 53.2 Å². The zero-order valence-corrected chi connectivity index (χ0v) is 12.5. The Labute approximate surface area is 129 Å². The van der Waals surface area contributed by atoms with Gasteiger partial charge in [-0.3, -0.25) is 9.59 Å². The molecule has 2 aromatic rings. The SMILES string of the molecule is CCc1ccc(N2C(=O)[C@H]3CCc4[nH]ccc4[C@H]3C2=O)cc1. The van der Waals surface area contributed by atoms with Crippen molar-refractivity contribution < 1.29 is 9.59 Å². The van der Waals surface area contributed by atoms with Crippen molar-refractivity contribution in [3.05, 3.63) is 53.3 Å². The number of amides is 2. The van der Waals surface area contributed by atoms with E-state index in [1.807, 2.05) is 36.5 Å². The number of hydrogen-bond acceptors (Lipinski definition) is 2. The van der Waals surface area contributed by atoms with Crippen LogP contribution in [0.2, 0.25) is 0 Å². The Morgan fingerprint density at radius 3 is 2.64 bits per heavy atom. The first-order valence-electron chi connectivity index (χ1n) is 7.83. The number of fused-ring (bicyclic) bond motifs is 3. The Bertz CT molecular complexity index is 745. The fourth-order valence-corrected chi connectivity index (χ4v) is 3.73. The minimum Gasteiger partial charge on any atom is -0.365 e. The molecule has 1 fully saturated rings. The average Bonchev–Trinajstić information content (AvgIpc) is 3.11. The van der Waals surface area contributed by atoms with Gasteiger partial charge in [-0.05, 0) is 48.6 Å². The van der Waals surface area contributed by atoms with Gasteiger partial charge in [0.2, 0.25) is 11.8 Å². The number of carbonyl (C=O) groups excluding carboxylic acids is 2. The second-order valence-electron chi connectivity index (χ2n) is 6.07. The van der Waals surface area contributed by atoms with E-state index in [0.717, 1.165) is 30.5 Å². The van der Waals surface area contributed by atoms with Crippen molar-refractivity contribution in [2.24, 2.45) is 5.92 Å². The van der Waals surface area contributed by atoms with Crippen molar-refractivity contribution >= 4 is 17.5 Å². The molecule has 1 aliphatic carbocycles. The van der Waals surface area contributed by atoms with E-state index in [0.29, 0.717) is 5.69 Å². The third kappa shape index (κ3) is 1.76. The number of hydrogen-bond donors (Lipinski definition) is 1. The molecule has 0 spiro atoms. The number of nitrogens with one attached hydrogen (secondary N) is 1. The fourth-order valence-electron chi connectivity index (χ4n) is 3.73. The second kappa shape index (κ2) is 4.83. The fraction of sp³-hybridized carbons (Fsp3) is 0.333. The first-order valence-corrected chi connectivity index (χ1v) is 7.83. The highest BCUT2D eigenvalue weighted by Crippen LogP contribution is 2.44. The molecule has 0 unspecified atom stereocenters. The zero-order chi connectivity index (χ0) is 15.3. The summed E-state index contributed by atoms with van der Waals surface area (Å²) in [7, 11) is 0. The van der Waals surface area contributed by atoms with Crippen molar-refractivity contribution in [2.45, 2.75) is 32.1 Å². The largest absolute Gasteiger partial charge is 0.365 e. The summed E-state index contributed by atoms with van der Waals surface area (Å²) in [5.74, 6) is -0.652. The van der Waals surface area contributed by atoms with Crippen LogP contribution in [0.15, 0.2) is 36.5 Å². The molecule has 2 atom stereocenters. The number of aromatic nitrogens is 1. The number of nitrogens with zero attached hydrogens (tertiary/aromatic N) is 1. The molecule has 2 heterocycles. The molecular formula is C18H18N2O2. The van der Waals surface area contributed by atoms with Gasteiger partial charge in [-0.2, -0.15) is 0 Å². The Morgan fingerprint density at radius 1 is 1.14 bits per heavy atom. The highest BCUT2D eigenvalue weighted by Gasteiger charge is 2.51. The van der Waals surface area contributed by atoms with Gasteiger partial charge in [0.1, 0.15) is 0 Å². The Morgan fingerprint density at radius 2 is 1.91 bits per heavy atom. The molecule has 0 saturated carbocycles. The molecular weight excluding hydrogens is 276 g/mol.